The number of carbonyl (C=O) groups excluding carboxylic acids is 1. The summed E-state index contributed by atoms with van der Waals surface area (Å²) >= 11 is 1.75. The maximum absolute atomic E-state index is 13.0. The third-order valence-electron chi connectivity index (χ3n) is 5.00. The van der Waals surface area contributed by atoms with Crippen molar-refractivity contribution in [3.05, 3.63) is 59.4 Å². The molecule has 1 saturated heterocycles. The lowest BCUT2D eigenvalue weighted by molar-refractivity contribution is -0.917. The Morgan fingerprint density at radius 2 is 1.93 bits per heavy atom. The number of thiazole rings is 1. The van der Waals surface area contributed by atoms with Crippen LogP contribution in [0, 0.1) is 5.82 Å². The van der Waals surface area contributed by atoms with Gasteiger partial charge in [-0.1, -0.05) is 12.1 Å². The average molecular weight is 400 g/mol. The van der Waals surface area contributed by atoms with Crippen LogP contribution >= 0.6 is 11.3 Å². The molecule has 1 atom stereocenters. The molecule has 2 aromatic carbocycles. The van der Waals surface area contributed by atoms with E-state index in [1.54, 1.807) is 30.4 Å². The number of quaternary nitrogens is 1. The third kappa shape index (κ3) is 4.31. The van der Waals surface area contributed by atoms with E-state index in [1.807, 2.05) is 23.1 Å². The summed E-state index contributed by atoms with van der Waals surface area (Å²) in [5.74, 6) is 0.157. The van der Waals surface area contributed by atoms with Gasteiger partial charge in [-0.25, -0.2) is 9.37 Å². The number of nitrogens with zero attached hydrogens (tertiary/aromatic N) is 2. The molecular weight excluding hydrogens is 377 g/mol. The van der Waals surface area contributed by atoms with E-state index in [9.17, 15) is 9.18 Å². The van der Waals surface area contributed by atoms with Crippen molar-refractivity contribution in [3.8, 4) is 5.75 Å². The lowest BCUT2D eigenvalue weighted by atomic mass is 10.2. The van der Waals surface area contributed by atoms with Crippen LogP contribution < -0.4 is 9.64 Å². The fourth-order valence-corrected chi connectivity index (χ4v) is 4.49. The Bertz CT molecular complexity index is 919. The number of hydrogen-bond acceptors (Lipinski definition) is 4. The zero-order chi connectivity index (χ0) is 19.5. The molecule has 1 fully saturated rings. The maximum atomic E-state index is 13.0. The van der Waals surface area contributed by atoms with Crippen molar-refractivity contribution in [3.63, 3.8) is 0 Å². The maximum Gasteiger partial charge on any atom is 0.263 e. The number of piperazine rings is 1. The van der Waals surface area contributed by atoms with Gasteiger partial charge in [-0.05, 0) is 43.3 Å². The molecule has 7 heteroatoms. The summed E-state index contributed by atoms with van der Waals surface area (Å²) in [5.41, 5.74) is 1.06. The molecule has 0 radical (unpaired) electrons. The van der Waals surface area contributed by atoms with Crippen LogP contribution in [0.1, 0.15) is 11.9 Å². The van der Waals surface area contributed by atoms with Crippen molar-refractivity contribution in [2.24, 2.45) is 0 Å². The van der Waals surface area contributed by atoms with E-state index in [0.29, 0.717) is 18.8 Å². The Morgan fingerprint density at radius 3 is 2.64 bits per heavy atom. The molecule has 4 rings (SSSR count). The monoisotopic (exact) mass is 400 g/mol. The van der Waals surface area contributed by atoms with Gasteiger partial charge in [-0.3, -0.25) is 4.79 Å². The van der Waals surface area contributed by atoms with Crippen molar-refractivity contribution >= 4 is 27.5 Å². The molecule has 28 heavy (non-hydrogen) atoms. The van der Waals surface area contributed by atoms with E-state index in [4.69, 9.17) is 9.72 Å². The third-order valence-corrected chi connectivity index (χ3v) is 6.03. The van der Waals surface area contributed by atoms with E-state index >= 15 is 0 Å². The first-order valence-electron chi connectivity index (χ1n) is 9.47. The largest absolute Gasteiger partial charge is 0.481 e. The van der Waals surface area contributed by atoms with Crippen LogP contribution in [-0.4, -0.2) is 48.1 Å². The minimum Gasteiger partial charge on any atom is -0.481 e. The topological polar surface area (TPSA) is 46.9 Å². The van der Waals surface area contributed by atoms with Crippen molar-refractivity contribution in [2.75, 3.05) is 26.2 Å². The molecule has 1 aliphatic rings. The van der Waals surface area contributed by atoms with E-state index in [-0.39, 0.29) is 11.7 Å². The molecule has 1 aliphatic heterocycles. The molecule has 2 heterocycles. The van der Waals surface area contributed by atoms with Crippen LogP contribution in [0.15, 0.2) is 48.5 Å². The summed E-state index contributed by atoms with van der Waals surface area (Å²) < 4.78 is 19.9. The fraction of sp³-hybridized carbons (Fsp3) is 0.333. The number of carbonyl (C=O) groups is 1. The van der Waals surface area contributed by atoms with Crippen molar-refractivity contribution in [1.29, 1.82) is 0 Å². The number of fused-ring (bicyclic) bond motifs is 1. The lowest BCUT2D eigenvalue weighted by Crippen LogP contribution is -3.13. The fourth-order valence-electron chi connectivity index (χ4n) is 3.45. The molecule has 0 spiro atoms. The number of amides is 1. The zero-order valence-corrected chi connectivity index (χ0v) is 16.5. The number of para-hydroxylation sites is 1. The van der Waals surface area contributed by atoms with Crippen LogP contribution in [0.4, 0.5) is 4.39 Å². The van der Waals surface area contributed by atoms with E-state index < -0.39 is 6.10 Å². The minimum atomic E-state index is -0.587. The molecule has 5 nitrogen and oxygen atoms in total. The quantitative estimate of drug-likeness (QED) is 0.714. The first-order valence-corrected chi connectivity index (χ1v) is 10.3. The highest BCUT2D eigenvalue weighted by molar-refractivity contribution is 7.18. The van der Waals surface area contributed by atoms with Gasteiger partial charge in [0.1, 0.15) is 23.1 Å². The number of halogens is 1. The number of ether oxygens (including phenoxy) is 1. The highest BCUT2D eigenvalue weighted by atomic mass is 32.1. The Balaban J connectivity index is 1.29. The van der Waals surface area contributed by atoms with Crippen LogP contribution in [0.2, 0.25) is 0 Å². The first-order chi connectivity index (χ1) is 13.6. The van der Waals surface area contributed by atoms with Gasteiger partial charge in [0.2, 0.25) is 0 Å². The van der Waals surface area contributed by atoms with Crippen LogP contribution in [0.3, 0.4) is 0 Å². The smallest absolute Gasteiger partial charge is 0.263 e. The van der Waals surface area contributed by atoms with Crippen LogP contribution in [0.25, 0.3) is 10.2 Å². The van der Waals surface area contributed by atoms with Gasteiger partial charge < -0.3 is 14.5 Å². The number of aromatic nitrogens is 1. The predicted octanol–water partition coefficient (Wildman–Crippen LogP) is 2.13. The van der Waals surface area contributed by atoms with Gasteiger partial charge in [0.25, 0.3) is 5.91 Å². The molecule has 1 aromatic heterocycles. The number of nitrogens with one attached hydrogen (secondary N) is 1. The lowest BCUT2D eigenvalue weighted by Gasteiger charge is -2.33. The predicted molar refractivity (Wildman–Crippen MR) is 107 cm³/mol. The van der Waals surface area contributed by atoms with Crippen molar-refractivity contribution < 1.29 is 18.8 Å². The number of benzene rings is 2. The van der Waals surface area contributed by atoms with E-state index in [0.717, 1.165) is 30.2 Å². The van der Waals surface area contributed by atoms with Gasteiger partial charge in [0, 0.05) is 0 Å². The van der Waals surface area contributed by atoms with Crippen LogP contribution in [0.5, 0.6) is 5.75 Å². The normalized spacial score (nSPS) is 16.3. The molecule has 0 unspecified atom stereocenters. The summed E-state index contributed by atoms with van der Waals surface area (Å²) in [4.78, 5) is 20.7. The number of rotatable bonds is 5. The van der Waals surface area contributed by atoms with Crippen molar-refractivity contribution in [1.82, 2.24) is 9.88 Å². The summed E-state index contributed by atoms with van der Waals surface area (Å²) in [7, 11) is 0. The molecule has 1 amide bonds. The standard InChI is InChI=1S/C21H22FN3O2S/c1-15(27-17-8-6-16(22)7-9-17)21(26)25-12-10-24(11-13-25)14-20-23-18-4-2-3-5-19(18)28-20/h2-9,15H,10-14H2,1H3/p+1/t15-/m0/s1. The summed E-state index contributed by atoms with van der Waals surface area (Å²) in [6.45, 7) is 5.83. The summed E-state index contributed by atoms with van der Waals surface area (Å²) in [6.07, 6.45) is -0.587. The second kappa shape index (κ2) is 8.24. The minimum absolute atomic E-state index is 0.0247. The molecular formula is C21H23FN3O2S+. The van der Waals surface area contributed by atoms with Crippen LogP contribution in [-0.2, 0) is 11.3 Å². The zero-order valence-electron chi connectivity index (χ0n) is 15.7. The molecule has 0 aliphatic carbocycles. The Hall–Kier alpha value is -2.51. The Morgan fingerprint density at radius 1 is 1.21 bits per heavy atom. The van der Waals surface area contributed by atoms with Gasteiger partial charge in [-0.15, -0.1) is 11.3 Å². The molecule has 0 saturated carbocycles. The summed E-state index contributed by atoms with van der Waals surface area (Å²) in [5, 5.41) is 1.14. The Kier molecular flexibility index (Phi) is 5.54. The van der Waals surface area contributed by atoms with Crippen molar-refractivity contribution in [2.45, 2.75) is 19.6 Å². The van der Waals surface area contributed by atoms with Gasteiger partial charge >= 0.3 is 0 Å². The highest BCUT2D eigenvalue weighted by Crippen LogP contribution is 2.20. The average Bonchev–Trinajstić information content (AvgIpc) is 3.12. The molecule has 3 aromatic rings. The summed E-state index contributed by atoms with van der Waals surface area (Å²) in [6, 6.07) is 13.9. The molecule has 1 N–H and O–H groups in total. The van der Waals surface area contributed by atoms with E-state index in [1.165, 1.54) is 21.7 Å². The van der Waals surface area contributed by atoms with Gasteiger partial charge in [0.15, 0.2) is 6.10 Å². The molecule has 146 valence electrons. The SMILES string of the molecule is C[C@H](Oc1ccc(F)cc1)C(=O)N1CC[NH+](Cc2nc3ccccc3s2)CC1. The first kappa shape index (κ1) is 18.8. The second-order valence-electron chi connectivity index (χ2n) is 7.04. The van der Waals surface area contributed by atoms with E-state index in [2.05, 4.69) is 6.07 Å². The van der Waals surface area contributed by atoms with Gasteiger partial charge in [0.05, 0.1) is 36.4 Å². The molecule has 0 bridgehead atoms. The second-order valence-corrected chi connectivity index (χ2v) is 8.16. The highest BCUT2D eigenvalue weighted by Gasteiger charge is 2.28. The number of hydrogen-bond donors (Lipinski definition) is 1. The Labute approximate surface area is 167 Å². The van der Waals surface area contributed by atoms with Gasteiger partial charge in [-0.2, -0.15) is 0 Å².